The maximum atomic E-state index is 11.8. The van der Waals surface area contributed by atoms with Crippen LogP contribution in [-0.2, 0) is 0 Å². The predicted molar refractivity (Wildman–Crippen MR) is 82.3 cm³/mol. The van der Waals surface area contributed by atoms with Crippen LogP contribution in [0.3, 0.4) is 0 Å². The molecule has 6 N–H and O–H groups in total. The number of nitrogens with one attached hydrogen (secondary N) is 2. The van der Waals surface area contributed by atoms with Crippen molar-refractivity contribution in [2.24, 2.45) is 0 Å². The van der Waals surface area contributed by atoms with Gasteiger partial charge in [0.15, 0.2) is 0 Å². The van der Waals surface area contributed by atoms with Gasteiger partial charge in [-0.3, -0.25) is 0 Å². The molecule has 0 atom stereocenters. The van der Waals surface area contributed by atoms with Gasteiger partial charge in [0.05, 0.1) is 0 Å². The first-order chi connectivity index (χ1) is 9.56. The molecule has 0 fully saturated rings. The lowest BCUT2D eigenvalue weighted by Crippen LogP contribution is -2.19. The van der Waals surface area contributed by atoms with Gasteiger partial charge in [-0.05, 0) is 36.4 Å². The first kappa shape index (κ1) is 13.3. The number of hydrogen-bond acceptors (Lipinski definition) is 3. The van der Waals surface area contributed by atoms with Crippen LogP contribution in [0.2, 0.25) is 0 Å². The van der Waals surface area contributed by atoms with E-state index >= 15 is 0 Å². The van der Waals surface area contributed by atoms with Gasteiger partial charge in [-0.1, -0.05) is 12.0 Å². The van der Waals surface area contributed by atoms with Crippen LogP contribution in [0.15, 0.2) is 42.5 Å². The summed E-state index contributed by atoms with van der Waals surface area (Å²) in [5.41, 5.74) is 14.1. The van der Waals surface area contributed by atoms with Crippen molar-refractivity contribution in [3.8, 4) is 12.3 Å². The summed E-state index contributed by atoms with van der Waals surface area (Å²) in [5.74, 6) is 2.50. The molecule has 0 spiro atoms. The summed E-state index contributed by atoms with van der Waals surface area (Å²) in [6, 6.07) is 11.4. The second-order valence-corrected chi connectivity index (χ2v) is 4.19. The summed E-state index contributed by atoms with van der Waals surface area (Å²) in [4.78, 5) is 11.8. The molecule has 2 rings (SSSR count). The Bertz CT molecular complexity index is 668. The maximum absolute atomic E-state index is 11.8. The lowest BCUT2D eigenvalue weighted by molar-refractivity contribution is 0.262. The van der Waals surface area contributed by atoms with Crippen LogP contribution >= 0.6 is 0 Å². The second kappa shape index (κ2) is 5.67. The van der Waals surface area contributed by atoms with E-state index < -0.39 is 6.03 Å². The Balaban J connectivity index is 2.07. The molecule has 0 aliphatic heterocycles. The number of amides is 2. The highest BCUT2D eigenvalue weighted by molar-refractivity contribution is 6.00. The number of hydrogen-bond donors (Lipinski definition) is 4. The van der Waals surface area contributed by atoms with E-state index in [1.54, 1.807) is 42.5 Å². The summed E-state index contributed by atoms with van der Waals surface area (Å²) >= 11 is 0. The Labute approximate surface area is 117 Å². The van der Waals surface area contributed by atoms with Crippen molar-refractivity contribution >= 4 is 28.8 Å². The van der Waals surface area contributed by atoms with Crippen LogP contribution in [0.5, 0.6) is 0 Å². The maximum Gasteiger partial charge on any atom is 0.323 e. The van der Waals surface area contributed by atoms with Gasteiger partial charge in [0.25, 0.3) is 0 Å². The molecule has 0 radical (unpaired) electrons. The van der Waals surface area contributed by atoms with Crippen molar-refractivity contribution in [1.82, 2.24) is 0 Å². The molecule has 0 unspecified atom stereocenters. The quantitative estimate of drug-likeness (QED) is 0.497. The van der Waals surface area contributed by atoms with E-state index in [9.17, 15) is 4.79 Å². The van der Waals surface area contributed by atoms with Crippen LogP contribution in [0.1, 0.15) is 5.56 Å². The van der Waals surface area contributed by atoms with Gasteiger partial charge in [0.1, 0.15) is 0 Å². The zero-order chi connectivity index (χ0) is 14.5. The van der Waals surface area contributed by atoms with E-state index in [1.165, 1.54) is 0 Å². The molecule has 0 aromatic heterocycles. The van der Waals surface area contributed by atoms with Gasteiger partial charge in [0.2, 0.25) is 0 Å². The average molecular weight is 266 g/mol. The van der Waals surface area contributed by atoms with Crippen molar-refractivity contribution < 1.29 is 4.79 Å². The zero-order valence-corrected chi connectivity index (χ0v) is 10.7. The van der Waals surface area contributed by atoms with Crippen LogP contribution in [0, 0.1) is 12.3 Å². The molecular formula is C15H14N4O. The SMILES string of the molecule is C#Cc1cccc(NC(=O)Nc2cc(N)cc(N)c2)c1. The molecule has 5 heteroatoms. The number of carbonyl (C=O) groups excluding carboxylic acids is 1. The molecule has 20 heavy (non-hydrogen) atoms. The van der Waals surface area contributed by atoms with Crippen molar-refractivity contribution in [2.45, 2.75) is 0 Å². The fourth-order valence-electron chi connectivity index (χ4n) is 1.73. The molecule has 0 saturated heterocycles. The molecule has 0 aliphatic rings. The minimum atomic E-state index is -0.399. The number of anilines is 4. The highest BCUT2D eigenvalue weighted by Gasteiger charge is 2.04. The molecule has 2 aromatic carbocycles. The van der Waals surface area contributed by atoms with Gasteiger partial charge in [-0.25, -0.2) is 4.79 Å². The molecule has 2 amide bonds. The van der Waals surface area contributed by atoms with E-state index in [0.717, 1.165) is 0 Å². The van der Waals surface area contributed by atoms with Crippen molar-refractivity contribution in [3.63, 3.8) is 0 Å². The monoisotopic (exact) mass is 266 g/mol. The standard InChI is InChI=1S/C15H14N4O/c1-2-10-4-3-5-13(6-10)18-15(20)19-14-8-11(16)7-12(17)9-14/h1,3-9H,16-17H2,(H2,18,19,20). The first-order valence-electron chi connectivity index (χ1n) is 5.87. The number of nitrogen functional groups attached to an aromatic ring is 2. The largest absolute Gasteiger partial charge is 0.399 e. The molecule has 5 nitrogen and oxygen atoms in total. The highest BCUT2D eigenvalue weighted by Crippen LogP contribution is 2.18. The Morgan fingerprint density at radius 3 is 2.30 bits per heavy atom. The van der Waals surface area contributed by atoms with Crippen molar-refractivity contribution in [3.05, 3.63) is 48.0 Å². The van der Waals surface area contributed by atoms with E-state index in [1.807, 2.05) is 0 Å². The summed E-state index contributed by atoms with van der Waals surface area (Å²) in [6.45, 7) is 0. The third kappa shape index (κ3) is 3.43. The molecule has 0 saturated carbocycles. The second-order valence-electron chi connectivity index (χ2n) is 4.19. The summed E-state index contributed by atoms with van der Waals surface area (Å²) in [6.07, 6.45) is 5.30. The van der Waals surface area contributed by atoms with E-state index in [4.69, 9.17) is 17.9 Å². The van der Waals surface area contributed by atoms with Gasteiger partial charge < -0.3 is 22.1 Å². The first-order valence-corrected chi connectivity index (χ1v) is 5.87. The molecular weight excluding hydrogens is 252 g/mol. The van der Waals surface area contributed by atoms with Crippen LogP contribution in [-0.4, -0.2) is 6.03 Å². The summed E-state index contributed by atoms with van der Waals surface area (Å²) in [7, 11) is 0. The number of rotatable bonds is 2. The number of benzene rings is 2. The van der Waals surface area contributed by atoms with E-state index in [2.05, 4.69) is 16.6 Å². The fourth-order valence-corrected chi connectivity index (χ4v) is 1.73. The topological polar surface area (TPSA) is 93.2 Å². The Morgan fingerprint density at radius 2 is 1.65 bits per heavy atom. The van der Waals surface area contributed by atoms with E-state index in [0.29, 0.717) is 28.3 Å². The highest BCUT2D eigenvalue weighted by atomic mass is 16.2. The average Bonchev–Trinajstić information content (AvgIpc) is 2.37. The van der Waals surface area contributed by atoms with Crippen molar-refractivity contribution in [2.75, 3.05) is 22.1 Å². The Morgan fingerprint density at radius 1 is 1.00 bits per heavy atom. The number of nitrogens with two attached hydrogens (primary N) is 2. The van der Waals surface area contributed by atoms with Crippen LogP contribution < -0.4 is 22.1 Å². The third-order valence-electron chi connectivity index (χ3n) is 2.52. The minimum Gasteiger partial charge on any atom is -0.399 e. The van der Waals surface area contributed by atoms with Crippen molar-refractivity contribution in [1.29, 1.82) is 0 Å². The smallest absolute Gasteiger partial charge is 0.323 e. The normalized spacial score (nSPS) is 9.55. The number of terminal acetylenes is 1. The molecule has 2 aromatic rings. The lowest BCUT2D eigenvalue weighted by Gasteiger charge is -2.09. The fraction of sp³-hybridized carbons (Fsp3) is 0. The van der Waals surface area contributed by atoms with Gasteiger partial charge in [-0.2, -0.15) is 0 Å². The minimum absolute atomic E-state index is 0.399. The van der Waals surface area contributed by atoms with Gasteiger partial charge >= 0.3 is 6.03 Å². The summed E-state index contributed by atoms with van der Waals surface area (Å²) in [5, 5.41) is 5.32. The third-order valence-corrected chi connectivity index (χ3v) is 2.52. The zero-order valence-electron chi connectivity index (χ0n) is 10.7. The Hall–Kier alpha value is -3.13. The van der Waals surface area contributed by atoms with Gasteiger partial charge in [-0.15, -0.1) is 6.42 Å². The number of urea groups is 1. The Kier molecular flexibility index (Phi) is 3.77. The van der Waals surface area contributed by atoms with Crippen LogP contribution in [0.4, 0.5) is 27.5 Å². The number of carbonyl (C=O) groups is 1. The van der Waals surface area contributed by atoms with E-state index in [-0.39, 0.29) is 0 Å². The predicted octanol–water partition coefficient (Wildman–Crippen LogP) is 2.48. The summed E-state index contributed by atoms with van der Waals surface area (Å²) < 4.78 is 0. The molecule has 0 bridgehead atoms. The molecule has 100 valence electrons. The molecule has 0 heterocycles. The van der Waals surface area contributed by atoms with Gasteiger partial charge in [0, 0.05) is 28.3 Å². The lowest BCUT2D eigenvalue weighted by atomic mass is 10.2. The molecule has 0 aliphatic carbocycles. The van der Waals surface area contributed by atoms with Crippen LogP contribution in [0.25, 0.3) is 0 Å².